The summed E-state index contributed by atoms with van der Waals surface area (Å²) < 4.78 is 18.4. The third kappa shape index (κ3) is 5.24. The average molecular weight is 589 g/mol. The Balaban J connectivity index is 1.46. The number of ether oxygens (including phenoxy) is 2. The molecule has 2 heterocycles. The second-order valence-electron chi connectivity index (χ2n) is 10.7. The number of aromatic nitrogens is 2. The van der Waals surface area contributed by atoms with Crippen LogP contribution in [-0.2, 0) is 17.9 Å². The Hall–Kier alpha value is -5.57. The SMILES string of the molecule is COc1ccc(COC(=O)N(C)c2ccc3c(c2)c2c(C(N)=O)cc(-c4c(C)noc4C)cc2n3Cc2ccccc2)cc1. The smallest absolute Gasteiger partial charge is 0.414 e. The van der Waals surface area contributed by atoms with E-state index in [0.717, 1.165) is 50.1 Å². The van der Waals surface area contributed by atoms with Crippen LogP contribution in [0.4, 0.5) is 10.5 Å². The van der Waals surface area contributed by atoms with Crippen LogP contribution < -0.4 is 15.4 Å². The molecule has 0 unspecified atom stereocenters. The number of benzene rings is 4. The van der Waals surface area contributed by atoms with Crippen molar-refractivity contribution in [2.45, 2.75) is 27.0 Å². The predicted molar refractivity (Wildman–Crippen MR) is 170 cm³/mol. The van der Waals surface area contributed by atoms with E-state index in [2.05, 4.69) is 21.9 Å². The minimum atomic E-state index is -0.556. The van der Waals surface area contributed by atoms with Gasteiger partial charge in [-0.2, -0.15) is 0 Å². The Bertz CT molecular complexity index is 1990. The Morgan fingerprint density at radius 3 is 2.34 bits per heavy atom. The van der Waals surface area contributed by atoms with Gasteiger partial charge < -0.3 is 24.3 Å². The number of nitrogens with two attached hydrogens (primary N) is 1. The Kier molecular flexibility index (Phi) is 7.53. The lowest BCUT2D eigenvalue weighted by atomic mass is 9.97. The molecule has 9 heteroatoms. The number of carbonyl (C=O) groups is 2. The van der Waals surface area contributed by atoms with Crippen molar-refractivity contribution < 1.29 is 23.6 Å². The number of amides is 2. The second kappa shape index (κ2) is 11.6. The van der Waals surface area contributed by atoms with E-state index in [1.165, 1.54) is 4.90 Å². The maximum Gasteiger partial charge on any atom is 0.414 e. The van der Waals surface area contributed by atoms with E-state index in [-0.39, 0.29) is 6.61 Å². The zero-order valence-electron chi connectivity index (χ0n) is 25.0. The van der Waals surface area contributed by atoms with Crippen molar-refractivity contribution in [3.05, 3.63) is 113 Å². The molecule has 0 aliphatic carbocycles. The van der Waals surface area contributed by atoms with E-state index < -0.39 is 12.0 Å². The second-order valence-corrected chi connectivity index (χ2v) is 10.7. The van der Waals surface area contributed by atoms with Crippen molar-refractivity contribution in [3.63, 3.8) is 0 Å². The zero-order valence-corrected chi connectivity index (χ0v) is 25.0. The van der Waals surface area contributed by atoms with Crippen molar-refractivity contribution >= 4 is 39.5 Å². The summed E-state index contributed by atoms with van der Waals surface area (Å²) >= 11 is 0. The molecular formula is C35H32N4O5. The Labute approximate surface area is 254 Å². The van der Waals surface area contributed by atoms with Crippen LogP contribution in [0.15, 0.2) is 89.5 Å². The van der Waals surface area contributed by atoms with Gasteiger partial charge in [0, 0.05) is 46.7 Å². The lowest BCUT2D eigenvalue weighted by Crippen LogP contribution is -2.26. The summed E-state index contributed by atoms with van der Waals surface area (Å²) in [4.78, 5) is 27.5. The normalized spacial score (nSPS) is 11.2. The van der Waals surface area contributed by atoms with Crippen LogP contribution in [0.25, 0.3) is 32.9 Å². The number of hydrogen-bond donors (Lipinski definition) is 1. The summed E-state index contributed by atoms with van der Waals surface area (Å²) in [6, 6.07) is 27.0. The van der Waals surface area contributed by atoms with Gasteiger partial charge in [-0.1, -0.05) is 47.6 Å². The number of rotatable bonds is 8. The van der Waals surface area contributed by atoms with Crippen molar-refractivity contribution in [2.24, 2.45) is 5.73 Å². The molecule has 6 rings (SSSR count). The standard InChI is InChI=1S/C35H32N4O5/c1-21-32(22(2)44-37-21)25-16-29(34(36)40)33-28-18-26(38(3)35(41)43-20-24-10-13-27(42-4)14-11-24)12-15-30(28)39(31(33)17-25)19-23-8-6-5-7-9-23/h5-18H,19-20H2,1-4H3,(H2,36,40). The number of anilines is 1. The Morgan fingerprint density at radius 2 is 1.68 bits per heavy atom. The third-order valence-corrected chi connectivity index (χ3v) is 7.90. The van der Waals surface area contributed by atoms with Gasteiger partial charge in [0.1, 0.15) is 18.1 Å². The van der Waals surface area contributed by atoms with E-state index in [4.69, 9.17) is 19.7 Å². The van der Waals surface area contributed by atoms with E-state index in [1.807, 2.05) is 80.6 Å². The molecule has 2 aromatic heterocycles. The van der Waals surface area contributed by atoms with Crippen LogP contribution in [0.3, 0.4) is 0 Å². The number of methoxy groups -OCH3 is 1. The first-order chi connectivity index (χ1) is 21.2. The van der Waals surface area contributed by atoms with Crippen molar-refractivity contribution in [3.8, 4) is 16.9 Å². The molecule has 0 radical (unpaired) electrons. The molecule has 0 aliphatic rings. The van der Waals surface area contributed by atoms with Crippen molar-refractivity contribution in [1.82, 2.24) is 9.72 Å². The van der Waals surface area contributed by atoms with Crippen LogP contribution in [0.5, 0.6) is 5.75 Å². The van der Waals surface area contributed by atoms with Gasteiger partial charge in [-0.25, -0.2) is 4.79 Å². The summed E-state index contributed by atoms with van der Waals surface area (Å²) in [5.41, 5.74) is 13.0. The average Bonchev–Trinajstić information content (AvgIpc) is 3.54. The number of primary amides is 1. The third-order valence-electron chi connectivity index (χ3n) is 7.90. The van der Waals surface area contributed by atoms with Gasteiger partial charge in [-0.05, 0) is 73.0 Å². The number of carbonyl (C=O) groups excluding carboxylic acids is 2. The summed E-state index contributed by atoms with van der Waals surface area (Å²) in [6.45, 7) is 4.39. The quantitative estimate of drug-likeness (QED) is 0.205. The largest absolute Gasteiger partial charge is 0.497 e. The van der Waals surface area contributed by atoms with Gasteiger partial charge in [0.2, 0.25) is 5.91 Å². The molecule has 222 valence electrons. The minimum absolute atomic E-state index is 0.113. The van der Waals surface area contributed by atoms with Crippen molar-refractivity contribution in [2.75, 3.05) is 19.1 Å². The van der Waals surface area contributed by atoms with Gasteiger partial charge in [0.05, 0.1) is 18.3 Å². The topological polar surface area (TPSA) is 113 Å². The summed E-state index contributed by atoms with van der Waals surface area (Å²) in [5, 5.41) is 5.62. The van der Waals surface area contributed by atoms with Gasteiger partial charge >= 0.3 is 6.09 Å². The van der Waals surface area contributed by atoms with E-state index in [0.29, 0.717) is 28.9 Å². The first-order valence-electron chi connectivity index (χ1n) is 14.2. The van der Waals surface area contributed by atoms with Crippen LogP contribution >= 0.6 is 0 Å². The summed E-state index contributed by atoms with van der Waals surface area (Å²) in [5.74, 6) is 0.825. The molecule has 0 aliphatic heterocycles. The van der Waals surface area contributed by atoms with Crippen LogP contribution in [0.1, 0.15) is 32.9 Å². The molecule has 2 N–H and O–H groups in total. The highest BCUT2D eigenvalue weighted by Gasteiger charge is 2.23. The molecule has 9 nitrogen and oxygen atoms in total. The maximum atomic E-state index is 13.1. The molecule has 0 saturated heterocycles. The highest BCUT2D eigenvalue weighted by Crippen LogP contribution is 2.39. The molecule has 4 aromatic carbocycles. The molecule has 6 aromatic rings. The molecule has 0 saturated carbocycles. The fraction of sp³-hybridized carbons (Fsp3) is 0.171. The molecule has 44 heavy (non-hydrogen) atoms. The first-order valence-corrected chi connectivity index (χ1v) is 14.2. The van der Waals surface area contributed by atoms with Crippen LogP contribution in [0, 0.1) is 13.8 Å². The van der Waals surface area contributed by atoms with Crippen LogP contribution in [0.2, 0.25) is 0 Å². The molecule has 0 atom stereocenters. The van der Waals surface area contributed by atoms with Gasteiger partial charge in [-0.3, -0.25) is 9.69 Å². The molecule has 0 bridgehead atoms. The fourth-order valence-corrected chi connectivity index (χ4v) is 5.66. The first kappa shape index (κ1) is 28.5. The van der Waals surface area contributed by atoms with E-state index >= 15 is 0 Å². The highest BCUT2D eigenvalue weighted by molar-refractivity contribution is 6.19. The fourth-order valence-electron chi connectivity index (χ4n) is 5.66. The van der Waals surface area contributed by atoms with Crippen molar-refractivity contribution in [1.29, 1.82) is 0 Å². The monoisotopic (exact) mass is 588 g/mol. The van der Waals surface area contributed by atoms with E-state index in [9.17, 15) is 9.59 Å². The van der Waals surface area contributed by atoms with Gasteiger partial charge in [-0.15, -0.1) is 0 Å². The van der Waals surface area contributed by atoms with Gasteiger partial charge in [0.25, 0.3) is 0 Å². The zero-order chi connectivity index (χ0) is 31.0. The number of nitrogens with zero attached hydrogens (tertiary/aromatic N) is 3. The predicted octanol–water partition coefficient (Wildman–Crippen LogP) is 7.00. The molecule has 2 amide bonds. The highest BCUT2D eigenvalue weighted by atomic mass is 16.6. The lowest BCUT2D eigenvalue weighted by molar-refractivity contribution is 0.100. The van der Waals surface area contributed by atoms with E-state index in [1.54, 1.807) is 20.2 Å². The lowest BCUT2D eigenvalue weighted by Gasteiger charge is -2.18. The van der Waals surface area contributed by atoms with Gasteiger partial charge in [0.15, 0.2) is 0 Å². The molecule has 0 fully saturated rings. The maximum absolute atomic E-state index is 13.1. The van der Waals surface area contributed by atoms with Crippen LogP contribution in [-0.4, -0.2) is 35.9 Å². The minimum Gasteiger partial charge on any atom is -0.497 e. The number of aryl methyl sites for hydroxylation is 2. The molecular weight excluding hydrogens is 556 g/mol. The number of fused-ring (bicyclic) bond motifs is 3. The summed E-state index contributed by atoms with van der Waals surface area (Å²) in [6.07, 6.45) is -0.510. The Morgan fingerprint density at radius 1 is 0.932 bits per heavy atom. The summed E-state index contributed by atoms with van der Waals surface area (Å²) in [7, 11) is 3.26. The number of hydrogen-bond acceptors (Lipinski definition) is 6. The molecule has 0 spiro atoms.